The average Bonchev–Trinajstić information content (AvgIpc) is 2.67. The zero-order valence-electron chi connectivity index (χ0n) is 15.6. The first-order valence-electron chi connectivity index (χ1n) is 9.11. The number of nitrogen functional groups attached to an aromatic ring is 1. The predicted molar refractivity (Wildman–Crippen MR) is 111 cm³/mol. The highest BCUT2D eigenvalue weighted by Gasteiger charge is 2.25. The molecule has 1 aliphatic rings. The van der Waals surface area contributed by atoms with Crippen LogP contribution in [-0.4, -0.2) is 71.5 Å². The second-order valence-corrected chi connectivity index (χ2v) is 6.85. The van der Waals surface area contributed by atoms with E-state index in [-0.39, 0.29) is 31.1 Å². The number of aromatic nitrogens is 1. The van der Waals surface area contributed by atoms with Crippen LogP contribution in [0.5, 0.6) is 5.75 Å². The summed E-state index contributed by atoms with van der Waals surface area (Å²) in [5.74, 6) is -3.10. The first-order chi connectivity index (χ1) is 13.8. The van der Waals surface area contributed by atoms with Crippen LogP contribution in [0.3, 0.4) is 0 Å². The summed E-state index contributed by atoms with van der Waals surface area (Å²) in [5, 5.41) is 18.5. The molecule has 0 unspecified atom stereocenters. The molecular formula is C20H26F3N5O2. The number of piperazine rings is 1. The largest absolute Gasteiger partial charge is 0.503 e. The van der Waals surface area contributed by atoms with E-state index in [4.69, 9.17) is 11.1 Å². The predicted octanol–water partition coefficient (Wildman–Crippen LogP) is 2.20. The van der Waals surface area contributed by atoms with Crippen LogP contribution >= 0.6 is 0 Å². The number of halogens is 3. The van der Waals surface area contributed by atoms with E-state index in [1.165, 1.54) is 0 Å². The van der Waals surface area contributed by atoms with E-state index in [9.17, 15) is 23.1 Å². The third kappa shape index (κ3) is 4.65. The van der Waals surface area contributed by atoms with Crippen molar-refractivity contribution in [2.75, 3.05) is 51.7 Å². The second kappa shape index (κ2) is 9.77. The highest BCUT2D eigenvalue weighted by molar-refractivity contribution is 6.04. The minimum absolute atomic E-state index is 0. The number of pyridine rings is 1. The molecule has 1 aromatic heterocycles. The van der Waals surface area contributed by atoms with E-state index < -0.39 is 40.7 Å². The third-order valence-corrected chi connectivity index (χ3v) is 4.97. The minimum Gasteiger partial charge on any atom is -0.503 e. The molecule has 5 N–H and O–H groups in total. The van der Waals surface area contributed by atoms with Gasteiger partial charge in [-0.1, -0.05) is 13.5 Å². The maximum absolute atomic E-state index is 14.0. The molecule has 10 heteroatoms. The number of nitrogens with two attached hydrogens (primary N) is 1. The Morgan fingerprint density at radius 2 is 1.73 bits per heavy atom. The van der Waals surface area contributed by atoms with Crippen LogP contribution in [0.1, 0.15) is 13.0 Å². The van der Waals surface area contributed by atoms with Gasteiger partial charge in [0.1, 0.15) is 24.1 Å². The van der Waals surface area contributed by atoms with Gasteiger partial charge in [0, 0.05) is 39.3 Å². The van der Waals surface area contributed by atoms with Crippen molar-refractivity contribution in [3.8, 4) is 17.0 Å². The molecule has 0 saturated carbocycles. The molecule has 1 saturated heterocycles. The van der Waals surface area contributed by atoms with E-state index >= 15 is 0 Å². The number of hydrogen-bond acceptors (Lipinski definition) is 6. The summed E-state index contributed by atoms with van der Waals surface area (Å²) in [6.45, 7) is 2.49. The van der Waals surface area contributed by atoms with Crippen molar-refractivity contribution in [1.82, 2.24) is 14.8 Å². The van der Waals surface area contributed by atoms with Crippen molar-refractivity contribution >= 4 is 11.5 Å². The lowest BCUT2D eigenvalue weighted by Crippen LogP contribution is -2.48. The van der Waals surface area contributed by atoms with Crippen molar-refractivity contribution < 1.29 is 18.3 Å². The van der Waals surface area contributed by atoms with Gasteiger partial charge in [-0.2, -0.15) is 0 Å². The molecule has 0 radical (unpaired) electrons. The van der Waals surface area contributed by atoms with E-state index in [0.717, 1.165) is 18.2 Å². The van der Waals surface area contributed by atoms with Gasteiger partial charge in [0.15, 0.2) is 5.75 Å². The molecule has 0 atom stereocenters. The van der Waals surface area contributed by atoms with Crippen molar-refractivity contribution in [1.29, 1.82) is 5.41 Å². The quantitative estimate of drug-likeness (QED) is 0.531. The van der Waals surface area contributed by atoms with Gasteiger partial charge in [-0.25, -0.2) is 13.2 Å². The Labute approximate surface area is 172 Å². The van der Waals surface area contributed by atoms with Crippen LogP contribution in [0.25, 0.3) is 11.3 Å². The zero-order valence-corrected chi connectivity index (χ0v) is 15.6. The first kappa shape index (κ1) is 23.4. The molecular weight excluding hydrogens is 399 g/mol. The van der Waals surface area contributed by atoms with Crippen LogP contribution < -0.4 is 11.2 Å². The number of aromatic hydroxyl groups is 1. The number of aromatic amines is 1. The van der Waals surface area contributed by atoms with E-state index in [1.807, 2.05) is 9.80 Å². The fraction of sp³-hybridized carbons (Fsp3) is 0.400. The number of alkyl halides is 1. The molecule has 0 spiro atoms. The lowest BCUT2D eigenvalue weighted by atomic mass is 10.0. The minimum atomic E-state index is -0.972. The molecule has 2 aromatic rings. The first-order valence-corrected chi connectivity index (χ1v) is 9.11. The summed E-state index contributed by atoms with van der Waals surface area (Å²) in [6, 6.07) is 3.14. The molecule has 0 bridgehead atoms. The summed E-state index contributed by atoms with van der Waals surface area (Å²) >= 11 is 0. The van der Waals surface area contributed by atoms with Gasteiger partial charge in [-0.05, 0) is 12.1 Å². The summed E-state index contributed by atoms with van der Waals surface area (Å²) in [7, 11) is 0. The van der Waals surface area contributed by atoms with Gasteiger partial charge in [-0.15, -0.1) is 0 Å². The summed E-state index contributed by atoms with van der Waals surface area (Å²) in [4.78, 5) is 19.0. The van der Waals surface area contributed by atoms with Crippen molar-refractivity contribution in [3.63, 3.8) is 0 Å². The van der Waals surface area contributed by atoms with E-state index in [0.29, 0.717) is 32.7 Å². The fourth-order valence-electron chi connectivity index (χ4n) is 3.42. The number of benzene rings is 1. The molecule has 3 rings (SSSR count). The number of anilines is 1. The maximum atomic E-state index is 14.0. The number of nitrogens with one attached hydrogen (secondary N) is 2. The molecule has 30 heavy (non-hydrogen) atoms. The molecule has 1 fully saturated rings. The van der Waals surface area contributed by atoms with Gasteiger partial charge in [-0.3, -0.25) is 14.6 Å². The molecule has 7 nitrogen and oxygen atoms in total. The molecule has 0 amide bonds. The normalized spacial score (nSPS) is 15.0. The van der Waals surface area contributed by atoms with Crippen LogP contribution in [0.15, 0.2) is 23.0 Å². The Balaban J connectivity index is 0.00000320. The Kier molecular flexibility index (Phi) is 7.63. The van der Waals surface area contributed by atoms with Crippen LogP contribution in [0.4, 0.5) is 19.0 Å². The van der Waals surface area contributed by atoms with Crippen molar-refractivity contribution in [2.45, 2.75) is 7.43 Å². The van der Waals surface area contributed by atoms with Gasteiger partial charge in [0.05, 0.1) is 22.5 Å². The maximum Gasteiger partial charge on any atom is 0.235 e. The van der Waals surface area contributed by atoms with E-state index in [2.05, 4.69) is 4.98 Å². The van der Waals surface area contributed by atoms with Gasteiger partial charge in [0.2, 0.25) is 5.43 Å². The highest BCUT2D eigenvalue weighted by Crippen LogP contribution is 2.31. The number of H-pyrrole nitrogens is 1. The topological polar surface area (TPSA) is 109 Å². The Bertz CT molecular complexity index is 951. The highest BCUT2D eigenvalue weighted by atomic mass is 19.1. The van der Waals surface area contributed by atoms with Crippen LogP contribution in [0.2, 0.25) is 0 Å². The summed E-state index contributed by atoms with van der Waals surface area (Å²) in [5.41, 5.74) is 3.46. The molecule has 2 heterocycles. The van der Waals surface area contributed by atoms with Gasteiger partial charge >= 0.3 is 0 Å². The second-order valence-electron chi connectivity index (χ2n) is 6.85. The number of nitrogens with zero attached hydrogens (tertiary/aromatic N) is 2. The fourth-order valence-corrected chi connectivity index (χ4v) is 3.42. The number of hydrogen-bond donors (Lipinski definition) is 4. The SMILES string of the molecule is C.N=C(CN1CCN(CCF)CC1)c1c(N)[nH]c(-c2c(F)cccc2F)c(O)c1=O. The number of rotatable bonds is 6. The molecule has 0 aliphatic carbocycles. The Hall–Kier alpha value is -2.85. The molecule has 1 aliphatic heterocycles. The van der Waals surface area contributed by atoms with Crippen molar-refractivity contribution in [2.24, 2.45) is 0 Å². The van der Waals surface area contributed by atoms with Crippen LogP contribution in [0, 0.1) is 17.0 Å². The van der Waals surface area contributed by atoms with Crippen molar-refractivity contribution in [3.05, 3.63) is 45.6 Å². The lowest BCUT2D eigenvalue weighted by Gasteiger charge is -2.34. The Morgan fingerprint density at radius 3 is 2.30 bits per heavy atom. The van der Waals surface area contributed by atoms with E-state index in [1.54, 1.807) is 0 Å². The Morgan fingerprint density at radius 1 is 1.17 bits per heavy atom. The summed E-state index contributed by atoms with van der Waals surface area (Å²) < 4.78 is 40.5. The van der Waals surface area contributed by atoms with Gasteiger partial charge < -0.3 is 21.2 Å². The molecule has 1 aromatic carbocycles. The zero-order chi connectivity index (χ0) is 21.1. The van der Waals surface area contributed by atoms with Gasteiger partial charge in [0.25, 0.3) is 0 Å². The lowest BCUT2D eigenvalue weighted by molar-refractivity contribution is 0.138. The smallest absolute Gasteiger partial charge is 0.235 e. The summed E-state index contributed by atoms with van der Waals surface area (Å²) in [6.07, 6.45) is 0. The molecule has 164 valence electrons. The standard InChI is InChI=1S/C19H22F3N5O2.CH4/c20-4-5-26-6-8-27(9-7-26)10-13(23)15-17(28)18(29)16(25-19(15)24)14-11(21)2-1-3-12(14)22;/h1-3,23,29H,4-10H2,(H3,24,25,28);1H4. The average molecular weight is 425 g/mol. The third-order valence-electron chi connectivity index (χ3n) is 4.97. The van der Waals surface area contributed by atoms with Crippen LogP contribution in [-0.2, 0) is 0 Å². The monoisotopic (exact) mass is 425 g/mol.